The molecule has 5 rings (SSSR count). The number of hydrogen-bond donors (Lipinski definition) is 0. The maximum Gasteiger partial charge on any atom is 0.264 e. The van der Waals surface area contributed by atoms with Crippen LogP contribution in [0.4, 0.5) is 0 Å². The summed E-state index contributed by atoms with van der Waals surface area (Å²) in [5, 5.41) is 1.94. The molecule has 1 fully saturated rings. The fourth-order valence-corrected chi connectivity index (χ4v) is 4.64. The van der Waals surface area contributed by atoms with Crippen molar-refractivity contribution in [1.82, 2.24) is 9.88 Å². The van der Waals surface area contributed by atoms with E-state index in [1.807, 2.05) is 40.6 Å². The van der Waals surface area contributed by atoms with E-state index in [-0.39, 0.29) is 11.9 Å². The van der Waals surface area contributed by atoms with Crippen molar-refractivity contribution in [3.63, 3.8) is 0 Å². The number of thiophene rings is 1. The second-order valence-corrected chi connectivity index (χ2v) is 8.13. The molecule has 140 valence electrons. The number of oxazole rings is 1. The van der Waals surface area contributed by atoms with E-state index < -0.39 is 0 Å². The first-order chi connectivity index (χ1) is 13.7. The Balaban J connectivity index is 1.49. The smallest absolute Gasteiger partial charge is 0.264 e. The van der Waals surface area contributed by atoms with Crippen molar-refractivity contribution in [1.29, 1.82) is 0 Å². The van der Waals surface area contributed by atoms with Crippen LogP contribution in [-0.2, 0) is 0 Å². The number of carbonyl (C=O) groups is 1. The van der Waals surface area contributed by atoms with Crippen LogP contribution in [0.25, 0.3) is 22.2 Å². The van der Waals surface area contributed by atoms with Gasteiger partial charge >= 0.3 is 0 Å². The molecule has 2 aromatic heterocycles. The number of likely N-dealkylation sites (tertiary alicyclic amines) is 1. The largest absolute Gasteiger partial charge is 0.438 e. The van der Waals surface area contributed by atoms with E-state index in [4.69, 9.17) is 9.40 Å². The van der Waals surface area contributed by atoms with Crippen molar-refractivity contribution >= 4 is 28.3 Å². The Labute approximate surface area is 167 Å². The van der Waals surface area contributed by atoms with Crippen LogP contribution in [0.3, 0.4) is 0 Å². The van der Waals surface area contributed by atoms with Gasteiger partial charge in [-0.05, 0) is 60.0 Å². The SMILES string of the molecule is Cc1ccccc1-c1ccc2oc([C@@H]3CCCN3C(=O)c3cccs3)nc2c1. The standard InChI is InChI=1S/C23H20N2O2S/c1-15-6-2-3-7-17(15)16-10-11-20-18(14-16)24-22(27-20)19-8-4-12-25(19)23(26)21-9-5-13-28-21/h2-3,5-7,9-11,13-14,19H,4,8,12H2,1H3/t19-/m0/s1. The Morgan fingerprint density at radius 3 is 2.89 bits per heavy atom. The zero-order chi connectivity index (χ0) is 19.1. The van der Waals surface area contributed by atoms with Gasteiger partial charge in [-0.1, -0.05) is 36.4 Å². The molecule has 1 aliphatic heterocycles. The summed E-state index contributed by atoms with van der Waals surface area (Å²) in [6, 6.07) is 18.2. The fraction of sp³-hybridized carbons (Fsp3) is 0.217. The quantitative estimate of drug-likeness (QED) is 0.443. The van der Waals surface area contributed by atoms with Gasteiger partial charge in [0.2, 0.25) is 5.89 Å². The first kappa shape index (κ1) is 17.2. The topological polar surface area (TPSA) is 46.3 Å². The average molecular weight is 388 g/mol. The molecule has 1 aliphatic rings. The number of aromatic nitrogens is 1. The molecule has 1 amide bonds. The third kappa shape index (κ3) is 2.92. The van der Waals surface area contributed by atoms with Crippen molar-refractivity contribution in [2.45, 2.75) is 25.8 Å². The number of hydrogen-bond acceptors (Lipinski definition) is 4. The Morgan fingerprint density at radius 1 is 1.18 bits per heavy atom. The summed E-state index contributed by atoms with van der Waals surface area (Å²) < 4.78 is 6.07. The van der Waals surface area contributed by atoms with Crippen LogP contribution < -0.4 is 0 Å². The van der Waals surface area contributed by atoms with Crippen molar-refractivity contribution < 1.29 is 9.21 Å². The minimum Gasteiger partial charge on any atom is -0.438 e. The molecule has 5 heteroatoms. The zero-order valence-electron chi connectivity index (χ0n) is 15.6. The molecule has 1 saturated heterocycles. The maximum atomic E-state index is 12.9. The Morgan fingerprint density at radius 2 is 2.07 bits per heavy atom. The highest BCUT2D eigenvalue weighted by Crippen LogP contribution is 2.36. The van der Waals surface area contributed by atoms with E-state index in [1.54, 1.807) is 0 Å². The van der Waals surface area contributed by atoms with E-state index in [1.165, 1.54) is 22.5 Å². The van der Waals surface area contributed by atoms with Gasteiger partial charge in [0.05, 0.1) is 4.88 Å². The second kappa shape index (κ2) is 6.91. The van der Waals surface area contributed by atoms with Gasteiger partial charge in [0, 0.05) is 6.54 Å². The summed E-state index contributed by atoms with van der Waals surface area (Å²) in [5.74, 6) is 0.708. The maximum absolute atomic E-state index is 12.9. The van der Waals surface area contributed by atoms with Gasteiger partial charge in [0.15, 0.2) is 5.58 Å². The second-order valence-electron chi connectivity index (χ2n) is 7.18. The number of fused-ring (bicyclic) bond motifs is 1. The molecule has 28 heavy (non-hydrogen) atoms. The third-order valence-corrected chi connectivity index (χ3v) is 6.25. The average Bonchev–Trinajstić information content (AvgIpc) is 3.47. The highest BCUT2D eigenvalue weighted by Gasteiger charge is 2.34. The van der Waals surface area contributed by atoms with Crippen LogP contribution >= 0.6 is 11.3 Å². The number of nitrogens with zero attached hydrogens (tertiary/aromatic N) is 2. The van der Waals surface area contributed by atoms with Gasteiger partial charge in [0.25, 0.3) is 5.91 Å². The number of amides is 1. The molecule has 1 atom stereocenters. The highest BCUT2D eigenvalue weighted by molar-refractivity contribution is 7.12. The molecule has 2 aromatic carbocycles. The molecule has 0 saturated carbocycles. The Kier molecular flexibility index (Phi) is 4.24. The molecular weight excluding hydrogens is 368 g/mol. The molecule has 0 bridgehead atoms. The molecule has 0 unspecified atom stereocenters. The van der Waals surface area contributed by atoms with Crippen LogP contribution in [0, 0.1) is 6.92 Å². The molecular formula is C23H20N2O2S. The zero-order valence-corrected chi connectivity index (χ0v) is 16.4. The lowest BCUT2D eigenvalue weighted by molar-refractivity contribution is 0.0722. The lowest BCUT2D eigenvalue weighted by Crippen LogP contribution is -2.30. The van der Waals surface area contributed by atoms with Gasteiger partial charge in [-0.2, -0.15) is 0 Å². The Bertz CT molecular complexity index is 1150. The summed E-state index contributed by atoms with van der Waals surface area (Å²) in [7, 11) is 0. The van der Waals surface area contributed by atoms with Crippen LogP contribution in [0.1, 0.15) is 40.0 Å². The molecule has 0 spiro atoms. The molecule has 0 radical (unpaired) electrons. The highest BCUT2D eigenvalue weighted by atomic mass is 32.1. The van der Waals surface area contributed by atoms with E-state index in [0.29, 0.717) is 5.89 Å². The van der Waals surface area contributed by atoms with Crippen molar-refractivity contribution in [2.75, 3.05) is 6.54 Å². The molecule has 0 aliphatic carbocycles. The summed E-state index contributed by atoms with van der Waals surface area (Å²) in [6.07, 6.45) is 1.85. The van der Waals surface area contributed by atoms with Crippen molar-refractivity contribution in [3.05, 3.63) is 76.3 Å². The lowest BCUT2D eigenvalue weighted by Gasteiger charge is -2.21. The van der Waals surface area contributed by atoms with Crippen molar-refractivity contribution in [3.8, 4) is 11.1 Å². The first-order valence-corrected chi connectivity index (χ1v) is 10.4. The van der Waals surface area contributed by atoms with E-state index in [9.17, 15) is 4.79 Å². The first-order valence-electron chi connectivity index (χ1n) is 9.52. The summed E-state index contributed by atoms with van der Waals surface area (Å²) >= 11 is 1.48. The van der Waals surface area contributed by atoms with Crippen LogP contribution in [0.5, 0.6) is 0 Å². The van der Waals surface area contributed by atoms with Crippen LogP contribution in [-0.4, -0.2) is 22.3 Å². The van der Waals surface area contributed by atoms with Gasteiger partial charge in [-0.3, -0.25) is 4.79 Å². The number of rotatable bonds is 3. The lowest BCUT2D eigenvalue weighted by atomic mass is 10.0. The van der Waals surface area contributed by atoms with Gasteiger partial charge in [-0.15, -0.1) is 11.3 Å². The predicted octanol–water partition coefficient (Wildman–Crippen LogP) is 5.84. The van der Waals surface area contributed by atoms with E-state index in [0.717, 1.165) is 40.9 Å². The molecule has 0 N–H and O–H groups in total. The molecule has 4 aromatic rings. The number of carbonyl (C=O) groups excluding carboxylic acids is 1. The number of benzene rings is 2. The Hall–Kier alpha value is -2.92. The predicted molar refractivity (Wildman–Crippen MR) is 112 cm³/mol. The third-order valence-electron chi connectivity index (χ3n) is 5.39. The number of aryl methyl sites for hydroxylation is 1. The van der Waals surface area contributed by atoms with E-state index in [2.05, 4.69) is 31.2 Å². The van der Waals surface area contributed by atoms with Crippen LogP contribution in [0.15, 0.2) is 64.4 Å². The minimum absolute atomic E-state index is 0.0698. The summed E-state index contributed by atoms with van der Waals surface area (Å²) in [6.45, 7) is 2.86. The fourth-order valence-electron chi connectivity index (χ4n) is 3.96. The monoisotopic (exact) mass is 388 g/mol. The van der Waals surface area contributed by atoms with Crippen LogP contribution in [0.2, 0.25) is 0 Å². The summed E-state index contributed by atoms with van der Waals surface area (Å²) in [4.78, 5) is 20.3. The molecule has 3 heterocycles. The van der Waals surface area contributed by atoms with E-state index >= 15 is 0 Å². The minimum atomic E-state index is -0.0936. The van der Waals surface area contributed by atoms with Crippen molar-refractivity contribution in [2.24, 2.45) is 0 Å². The van der Waals surface area contributed by atoms with Gasteiger partial charge in [-0.25, -0.2) is 4.98 Å². The van der Waals surface area contributed by atoms with Gasteiger partial charge in [0.1, 0.15) is 11.6 Å². The molecule has 4 nitrogen and oxygen atoms in total. The summed E-state index contributed by atoms with van der Waals surface area (Å²) in [5.41, 5.74) is 5.16. The van der Waals surface area contributed by atoms with Gasteiger partial charge < -0.3 is 9.32 Å². The normalized spacial score (nSPS) is 16.8.